The van der Waals surface area contributed by atoms with Crippen LogP contribution < -0.4 is 11.3 Å². The number of nitrogens with two attached hydrogens (primary N) is 1. The summed E-state index contributed by atoms with van der Waals surface area (Å²) in [7, 11) is 0. The fourth-order valence-electron chi connectivity index (χ4n) is 2.42. The molecule has 3 rings (SSSR count). The van der Waals surface area contributed by atoms with Gasteiger partial charge < -0.3 is 20.7 Å². The molecule has 1 aliphatic rings. The highest BCUT2D eigenvalue weighted by Crippen LogP contribution is 2.28. The summed E-state index contributed by atoms with van der Waals surface area (Å²) < 4.78 is 7.21. The Morgan fingerprint density at radius 1 is 1.55 bits per heavy atom. The molecule has 3 atom stereocenters. The van der Waals surface area contributed by atoms with E-state index in [9.17, 15) is 15.0 Å². The topological polar surface area (TPSA) is 139 Å². The number of aromatic amines is 1. The van der Waals surface area contributed by atoms with Crippen molar-refractivity contribution in [2.45, 2.75) is 31.3 Å². The number of hydrogen-bond acceptors (Lipinski definition) is 7. The van der Waals surface area contributed by atoms with Gasteiger partial charge in [-0.25, -0.2) is 4.98 Å². The number of aliphatic hydroxyl groups is 2. The van der Waals surface area contributed by atoms with Crippen LogP contribution in [0.25, 0.3) is 11.2 Å². The van der Waals surface area contributed by atoms with E-state index in [4.69, 9.17) is 10.5 Å². The lowest BCUT2D eigenvalue weighted by Gasteiger charge is -2.32. The Labute approximate surface area is 113 Å². The summed E-state index contributed by atoms with van der Waals surface area (Å²) >= 11 is 0. The molecule has 2 unspecified atom stereocenters. The molecule has 0 spiro atoms. The molecule has 1 saturated heterocycles. The average molecular weight is 281 g/mol. The number of nitrogen functional groups attached to an aromatic ring is 1. The van der Waals surface area contributed by atoms with Gasteiger partial charge in [0, 0.05) is 12.8 Å². The number of aliphatic hydroxyl groups excluding tert-OH is 2. The number of nitrogens with zero attached hydrogens (tertiary/aromatic N) is 3. The molecule has 9 nitrogen and oxygen atoms in total. The first kappa shape index (κ1) is 13.0. The van der Waals surface area contributed by atoms with E-state index in [1.54, 1.807) is 4.57 Å². The third-order valence-corrected chi connectivity index (χ3v) is 3.32. The highest BCUT2D eigenvalue weighted by atomic mass is 16.5. The van der Waals surface area contributed by atoms with Crippen LogP contribution >= 0.6 is 0 Å². The lowest BCUT2D eigenvalue weighted by atomic mass is 10.0. The van der Waals surface area contributed by atoms with E-state index in [0.717, 1.165) is 0 Å². The van der Waals surface area contributed by atoms with Gasteiger partial charge in [0.15, 0.2) is 11.2 Å². The molecule has 1 fully saturated rings. The average Bonchev–Trinajstić information content (AvgIpc) is 2.81. The molecule has 0 amide bonds. The summed E-state index contributed by atoms with van der Waals surface area (Å²) in [5.74, 6) is -0.0145. The fourth-order valence-corrected chi connectivity index (χ4v) is 2.42. The monoisotopic (exact) mass is 281 g/mol. The highest BCUT2D eigenvalue weighted by molar-refractivity contribution is 5.70. The van der Waals surface area contributed by atoms with Gasteiger partial charge >= 0.3 is 0 Å². The van der Waals surface area contributed by atoms with Crippen molar-refractivity contribution in [2.24, 2.45) is 0 Å². The largest absolute Gasteiger partial charge is 0.394 e. The SMILES string of the molecule is Nc1nc2c(ncn2C2C[C@H](O)CC(CO)O2)c(=O)[nH]1. The molecule has 0 saturated carbocycles. The molecular weight excluding hydrogens is 266 g/mol. The van der Waals surface area contributed by atoms with Gasteiger partial charge in [0.1, 0.15) is 6.23 Å². The molecule has 1 aliphatic heterocycles. The van der Waals surface area contributed by atoms with Crippen LogP contribution in [-0.2, 0) is 4.74 Å². The van der Waals surface area contributed by atoms with Crippen LogP contribution in [0.1, 0.15) is 19.1 Å². The summed E-state index contributed by atoms with van der Waals surface area (Å²) in [5.41, 5.74) is 5.55. The number of fused-ring (bicyclic) bond motifs is 1. The van der Waals surface area contributed by atoms with Crippen molar-refractivity contribution in [1.82, 2.24) is 19.5 Å². The smallest absolute Gasteiger partial charge is 0.280 e. The normalized spacial score (nSPS) is 27.0. The molecule has 2 aromatic rings. The third-order valence-electron chi connectivity index (χ3n) is 3.32. The molecule has 5 N–H and O–H groups in total. The number of hydrogen-bond donors (Lipinski definition) is 4. The zero-order valence-corrected chi connectivity index (χ0v) is 10.6. The Balaban J connectivity index is 2.03. The molecule has 2 aromatic heterocycles. The Bertz CT molecular complexity index is 681. The Kier molecular flexibility index (Phi) is 3.16. The number of imidazole rings is 1. The van der Waals surface area contributed by atoms with Crippen molar-refractivity contribution in [3.63, 3.8) is 0 Å². The molecule has 0 radical (unpaired) electrons. The van der Waals surface area contributed by atoms with Gasteiger partial charge in [-0.15, -0.1) is 0 Å². The van der Waals surface area contributed by atoms with Crippen molar-refractivity contribution in [1.29, 1.82) is 0 Å². The standard InChI is InChI=1S/C11H15N5O4/c12-11-14-9-8(10(19)15-11)13-4-16(9)7-2-5(18)1-6(3-17)20-7/h4-7,17-18H,1-3H2,(H3,12,14,15,19)/t5-,6?,7?/m1/s1. The molecule has 20 heavy (non-hydrogen) atoms. The first-order valence-corrected chi connectivity index (χ1v) is 6.25. The molecular formula is C11H15N5O4. The van der Waals surface area contributed by atoms with E-state index in [1.807, 2.05) is 0 Å². The summed E-state index contributed by atoms with van der Waals surface area (Å²) in [6.45, 7) is -0.184. The molecule has 0 aliphatic carbocycles. The van der Waals surface area contributed by atoms with Crippen LogP contribution in [0, 0.1) is 0 Å². The number of rotatable bonds is 2. The summed E-state index contributed by atoms with van der Waals surface area (Å²) in [6.07, 6.45) is 0.521. The van der Waals surface area contributed by atoms with Crippen LogP contribution in [0.4, 0.5) is 5.95 Å². The predicted octanol–water partition coefficient (Wildman–Crippen LogP) is -1.27. The zero-order valence-electron chi connectivity index (χ0n) is 10.6. The van der Waals surface area contributed by atoms with Gasteiger partial charge in [0.05, 0.1) is 25.1 Å². The van der Waals surface area contributed by atoms with Gasteiger partial charge in [-0.1, -0.05) is 0 Å². The summed E-state index contributed by atoms with van der Waals surface area (Å²) in [5, 5.41) is 19.0. The molecule has 108 valence electrons. The quantitative estimate of drug-likeness (QED) is 0.538. The van der Waals surface area contributed by atoms with E-state index >= 15 is 0 Å². The second kappa shape index (κ2) is 4.85. The van der Waals surface area contributed by atoms with Crippen LogP contribution in [-0.4, -0.2) is 48.5 Å². The Morgan fingerprint density at radius 3 is 3.10 bits per heavy atom. The van der Waals surface area contributed by atoms with Gasteiger partial charge in [-0.05, 0) is 0 Å². The molecule has 0 aromatic carbocycles. The Hall–Kier alpha value is -1.97. The number of H-pyrrole nitrogens is 1. The molecule has 9 heteroatoms. The maximum atomic E-state index is 11.7. The number of aromatic nitrogens is 4. The van der Waals surface area contributed by atoms with Crippen molar-refractivity contribution < 1.29 is 14.9 Å². The van der Waals surface area contributed by atoms with Crippen molar-refractivity contribution in [3.8, 4) is 0 Å². The van der Waals surface area contributed by atoms with E-state index in [2.05, 4.69) is 15.0 Å². The molecule has 0 bridgehead atoms. The Morgan fingerprint density at radius 2 is 2.35 bits per heavy atom. The van der Waals surface area contributed by atoms with E-state index in [-0.39, 0.29) is 18.1 Å². The minimum atomic E-state index is -0.595. The highest BCUT2D eigenvalue weighted by Gasteiger charge is 2.30. The van der Waals surface area contributed by atoms with Gasteiger partial charge in [0.2, 0.25) is 5.95 Å². The molecule has 3 heterocycles. The van der Waals surface area contributed by atoms with Gasteiger partial charge in [-0.3, -0.25) is 14.3 Å². The second-order valence-electron chi connectivity index (χ2n) is 4.80. The van der Waals surface area contributed by atoms with Crippen LogP contribution in [0.3, 0.4) is 0 Å². The number of nitrogens with one attached hydrogen (secondary N) is 1. The summed E-state index contributed by atoms with van der Waals surface area (Å²) in [6, 6.07) is 0. The van der Waals surface area contributed by atoms with Gasteiger partial charge in [-0.2, -0.15) is 4.98 Å². The van der Waals surface area contributed by atoms with Crippen molar-refractivity contribution >= 4 is 17.1 Å². The predicted molar refractivity (Wildman–Crippen MR) is 68.8 cm³/mol. The zero-order chi connectivity index (χ0) is 14.3. The third kappa shape index (κ3) is 2.15. The van der Waals surface area contributed by atoms with E-state index < -0.39 is 24.0 Å². The van der Waals surface area contributed by atoms with Crippen LogP contribution in [0.2, 0.25) is 0 Å². The van der Waals surface area contributed by atoms with Crippen molar-refractivity contribution in [3.05, 3.63) is 16.7 Å². The minimum absolute atomic E-state index is 0.0145. The second-order valence-corrected chi connectivity index (χ2v) is 4.80. The van der Waals surface area contributed by atoms with Crippen LogP contribution in [0.5, 0.6) is 0 Å². The summed E-state index contributed by atoms with van der Waals surface area (Å²) in [4.78, 5) is 22.1. The number of anilines is 1. The first-order valence-electron chi connectivity index (χ1n) is 6.25. The van der Waals surface area contributed by atoms with Crippen molar-refractivity contribution in [2.75, 3.05) is 12.3 Å². The lowest BCUT2D eigenvalue weighted by molar-refractivity contribution is -0.140. The van der Waals surface area contributed by atoms with Crippen LogP contribution in [0.15, 0.2) is 11.1 Å². The first-order chi connectivity index (χ1) is 9.58. The number of ether oxygens (including phenoxy) is 1. The minimum Gasteiger partial charge on any atom is -0.394 e. The van der Waals surface area contributed by atoms with E-state index in [0.29, 0.717) is 18.5 Å². The maximum Gasteiger partial charge on any atom is 0.280 e. The van der Waals surface area contributed by atoms with Gasteiger partial charge in [0.25, 0.3) is 5.56 Å². The van der Waals surface area contributed by atoms with E-state index in [1.165, 1.54) is 6.33 Å². The fraction of sp³-hybridized carbons (Fsp3) is 0.545. The lowest BCUT2D eigenvalue weighted by Crippen LogP contribution is -2.35. The maximum absolute atomic E-state index is 11.7.